The molecule has 1 N–H and O–H groups in total. The van der Waals surface area contributed by atoms with Crippen LogP contribution in [0.2, 0.25) is 0 Å². The van der Waals surface area contributed by atoms with Crippen LogP contribution in [0.25, 0.3) is 0 Å². The van der Waals surface area contributed by atoms with E-state index in [4.69, 9.17) is 0 Å². The summed E-state index contributed by atoms with van der Waals surface area (Å²) < 4.78 is 0. The van der Waals surface area contributed by atoms with Crippen molar-refractivity contribution in [3.63, 3.8) is 0 Å². The second-order valence-corrected chi connectivity index (χ2v) is 5.58. The van der Waals surface area contributed by atoms with Gasteiger partial charge in [0.1, 0.15) is 5.70 Å². The molecule has 19 heavy (non-hydrogen) atoms. The Morgan fingerprint density at radius 3 is 2.95 bits per heavy atom. The number of carboxylic acid groups (broad SMARTS) is 1. The summed E-state index contributed by atoms with van der Waals surface area (Å²) in [7, 11) is 0. The van der Waals surface area contributed by atoms with Gasteiger partial charge in [0.15, 0.2) is 0 Å². The van der Waals surface area contributed by atoms with Crippen LogP contribution < -0.4 is 0 Å². The minimum Gasteiger partial charge on any atom is -0.477 e. The molecule has 1 fully saturated rings. The summed E-state index contributed by atoms with van der Waals surface area (Å²) in [4.78, 5) is 29.1. The number of rotatable bonds is 4. The lowest BCUT2D eigenvalue weighted by Gasteiger charge is -2.34. The third-order valence-corrected chi connectivity index (χ3v) is 4.44. The van der Waals surface area contributed by atoms with Gasteiger partial charge in [-0.25, -0.2) is 4.79 Å². The molecule has 1 amide bonds. The van der Waals surface area contributed by atoms with E-state index in [0.29, 0.717) is 18.6 Å². The molecule has 2 aliphatic heterocycles. The molecule has 3 heterocycles. The topological polar surface area (TPSA) is 70.5 Å². The molecule has 1 aromatic heterocycles. The Bertz CT molecular complexity index is 571. The highest BCUT2D eigenvalue weighted by molar-refractivity contribution is 8.02. The number of thioether (sulfide) groups is 1. The van der Waals surface area contributed by atoms with E-state index in [-0.39, 0.29) is 17.6 Å². The Kier molecular flexibility index (Phi) is 3.02. The van der Waals surface area contributed by atoms with Crippen LogP contribution in [0.3, 0.4) is 0 Å². The fourth-order valence-electron chi connectivity index (χ4n) is 2.39. The fourth-order valence-corrected chi connectivity index (χ4v) is 3.52. The summed E-state index contributed by atoms with van der Waals surface area (Å²) in [5.41, 5.74) is 1.08. The molecule has 2 aliphatic rings. The van der Waals surface area contributed by atoms with Gasteiger partial charge < -0.3 is 10.0 Å². The van der Waals surface area contributed by atoms with Crippen molar-refractivity contribution >= 4 is 23.6 Å². The first-order chi connectivity index (χ1) is 9.16. The highest BCUT2D eigenvalue weighted by Gasteiger charge is 2.47. The molecular formula is C13H12N2O3S. The Hall–Kier alpha value is -1.82. The van der Waals surface area contributed by atoms with Crippen molar-refractivity contribution in [2.75, 3.05) is 0 Å². The number of amides is 1. The molecule has 5 nitrogen and oxygen atoms in total. The predicted octanol–water partition coefficient (Wildman–Crippen LogP) is 1.62. The molecular weight excluding hydrogens is 264 g/mol. The van der Waals surface area contributed by atoms with Crippen molar-refractivity contribution in [3.8, 4) is 0 Å². The lowest BCUT2D eigenvalue weighted by atomic mass is 10.0. The lowest BCUT2D eigenvalue weighted by Crippen LogP contribution is -2.49. The molecule has 1 saturated heterocycles. The van der Waals surface area contributed by atoms with Gasteiger partial charge in [-0.3, -0.25) is 9.78 Å². The van der Waals surface area contributed by atoms with E-state index < -0.39 is 5.97 Å². The summed E-state index contributed by atoms with van der Waals surface area (Å²) in [6.07, 6.45) is 2.84. The fraction of sp³-hybridized carbons (Fsp3) is 0.308. The first kappa shape index (κ1) is 12.2. The van der Waals surface area contributed by atoms with Crippen LogP contribution in [0.4, 0.5) is 0 Å². The quantitative estimate of drug-likeness (QED) is 0.846. The number of β-lactam (4-membered cyclic amide) rings is 1. The molecule has 3 rings (SSSR count). The first-order valence-electron chi connectivity index (χ1n) is 5.98. The van der Waals surface area contributed by atoms with Gasteiger partial charge in [0, 0.05) is 29.7 Å². The van der Waals surface area contributed by atoms with E-state index in [1.165, 1.54) is 16.7 Å². The second kappa shape index (κ2) is 4.70. The number of nitrogens with zero attached hydrogens (tertiary/aromatic N) is 2. The number of hydrogen-bond donors (Lipinski definition) is 1. The third-order valence-electron chi connectivity index (χ3n) is 3.29. The number of aliphatic carboxylic acids is 1. The molecule has 98 valence electrons. The molecule has 0 aromatic carbocycles. The van der Waals surface area contributed by atoms with E-state index in [0.717, 1.165) is 10.6 Å². The SMILES string of the molecule is O=C(O)C1=C(SCc2ccccn2)CC2CC(=O)N12. The normalized spacial score (nSPS) is 21.4. The molecule has 1 atom stereocenters. The number of carbonyl (C=O) groups is 2. The lowest BCUT2D eigenvalue weighted by molar-refractivity contribution is -0.147. The van der Waals surface area contributed by atoms with E-state index in [2.05, 4.69) is 4.98 Å². The van der Waals surface area contributed by atoms with Crippen molar-refractivity contribution in [1.82, 2.24) is 9.88 Å². The van der Waals surface area contributed by atoms with Crippen LogP contribution >= 0.6 is 11.8 Å². The van der Waals surface area contributed by atoms with Crippen LogP contribution in [-0.4, -0.2) is 32.9 Å². The maximum absolute atomic E-state index is 11.5. The minimum absolute atomic E-state index is 0.0600. The van der Waals surface area contributed by atoms with Gasteiger partial charge in [0.05, 0.1) is 11.7 Å². The average molecular weight is 276 g/mol. The maximum Gasteiger partial charge on any atom is 0.353 e. The zero-order chi connectivity index (χ0) is 13.4. The van der Waals surface area contributed by atoms with Crippen molar-refractivity contribution < 1.29 is 14.7 Å². The summed E-state index contributed by atoms with van der Waals surface area (Å²) in [5, 5.41) is 9.24. The van der Waals surface area contributed by atoms with Crippen LogP contribution in [0.15, 0.2) is 35.0 Å². The van der Waals surface area contributed by atoms with Crippen molar-refractivity contribution in [1.29, 1.82) is 0 Å². The van der Waals surface area contributed by atoms with Gasteiger partial charge in [-0.1, -0.05) is 6.07 Å². The average Bonchev–Trinajstić information content (AvgIpc) is 2.70. The van der Waals surface area contributed by atoms with Gasteiger partial charge in [0.2, 0.25) is 5.91 Å². The standard InChI is InChI=1S/C13H12N2O3S/c16-11-6-9-5-10(12(13(17)18)15(9)11)19-7-8-3-1-2-4-14-8/h1-4,9H,5-7H2,(H,17,18). The van der Waals surface area contributed by atoms with E-state index >= 15 is 0 Å². The molecule has 0 bridgehead atoms. The molecule has 0 aliphatic carbocycles. The Labute approximate surface area is 114 Å². The second-order valence-electron chi connectivity index (χ2n) is 4.51. The molecule has 6 heteroatoms. The smallest absolute Gasteiger partial charge is 0.353 e. The summed E-state index contributed by atoms with van der Waals surface area (Å²) >= 11 is 1.47. The third kappa shape index (κ3) is 2.12. The Morgan fingerprint density at radius 2 is 2.32 bits per heavy atom. The van der Waals surface area contributed by atoms with Crippen LogP contribution in [0.5, 0.6) is 0 Å². The zero-order valence-electron chi connectivity index (χ0n) is 10.1. The first-order valence-corrected chi connectivity index (χ1v) is 6.96. The molecule has 0 radical (unpaired) electrons. The van der Waals surface area contributed by atoms with Gasteiger partial charge >= 0.3 is 5.97 Å². The molecule has 1 aromatic rings. The Balaban J connectivity index is 1.77. The molecule has 1 unspecified atom stereocenters. The molecule has 0 spiro atoms. The highest BCUT2D eigenvalue weighted by Crippen LogP contribution is 2.43. The van der Waals surface area contributed by atoms with Gasteiger partial charge in [-0.2, -0.15) is 0 Å². The summed E-state index contributed by atoms with van der Waals surface area (Å²) in [6, 6.07) is 5.71. The number of carboxylic acids is 1. The van der Waals surface area contributed by atoms with Gasteiger partial charge in [-0.05, 0) is 12.1 Å². The van der Waals surface area contributed by atoms with Crippen LogP contribution in [0.1, 0.15) is 18.5 Å². The number of carbonyl (C=O) groups excluding carboxylic acids is 1. The van der Waals surface area contributed by atoms with Crippen LogP contribution in [-0.2, 0) is 15.3 Å². The van der Waals surface area contributed by atoms with Crippen molar-refractivity contribution in [2.24, 2.45) is 0 Å². The van der Waals surface area contributed by atoms with Gasteiger partial charge in [-0.15, -0.1) is 11.8 Å². The van der Waals surface area contributed by atoms with E-state index in [1.54, 1.807) is 6.20 Å². The summed E-state index contributed by atoms with van der Waals surface area (Å²) in [6.45, 7) is 0. The van der Waals surface area contributed by atoms with E-state index in [9.17, 15) is 14.7 Å². The number of aromatic nitrogens is 1. The monoisotopic (exact) mass is 276 g/mol. The number of fused-ring (bicyclic) bond motifs is 1. The minimum atomic E-state index is -1.01. The van der Waals surface area contributed by atoms with Crippen molar-refractivity contribution in [3.05, 3.63) is 40.7 Å². The maximum atomic E-state index is 11.5. The highest BCUT2D eigenvalue weighted by atomic mass is 32.2. The number of hydrogen-bond acceptors (Lipinski definition) is 4. The molecule has 0 saturated carbocycles. The Morgan fingerprint density at radius 1 is 1.47 bits per heavy atom. The summed E-state index contributed by atoms with van der Waals surface area (Å²) in [5.74, 6) is -0.475. The van der Waals surface area contributed by atoms with Crippen LogP contribution in [0, 0.1) is 0 Å². The number of pyridine rings is 1. The zero-order valence-corrected chi connectivity index (χ0v) is 10.9. The largest absolute Gasteiger partial charge is 0.477 e. The predicted molar refractivity (Wildman–Crippen MR) is 70.1 cm³/mol. The van der Waals surface area contributed by atoms with E-state index in [1.807, 2.05) is 18.2 Å². The van der Waals surface area contributed by atoms with Crippen molar-refractivity contribution in [2.45, 2.75) is 24.6 Å². The van der Waals surface area contributed by atoms with Gasteiger partial charge in [0.25, 0.3) is 0 Å².